The second kappa shape index (κ2) is 28.8. The number of ether oxygens (including phenoxy) is 2. The van der Waals surface area contributed by atoms with E-state index in [1.807, 2.05) is 184 Å². The lowest BCUT2D eigenvalue weighted by Gasteiger charge is -2.42. The number of rotatable bonds is 15. The van der Waals surface area contributed by atoms with Gasteiger partial charge in [-0.3, -0.25) is 13.8 Å². The highest BCUT2D eigenvalue weighted by molar-refractivity contribution is 7.85. The van der Waals surface area contributed by atoms with Crippen molar-refractivity contribution in [1.82, 2.24) is 10.2 Å². The lowest BCUT2D eigenvalue weighted by molar-refractivity contribution is -0.147. The third-order valence-electron chi connectivity index (χ3n) is 15.1. The molecule has 2 aliphatic rings. The molecular formula is C67H78N2O9S. The van der Waals surface area contributed by atoms with Gasteiger partial charge in [0, 0.05) is 30.5 Å². The van der Waals surface area contributed by atoms with Gasteiger partial charge < -0.3 is 29.9 Å². The number of benzene rings is 6. The molecule has 2 heterocycles. The summed E-state index contributed by atoms with van der Waals surface area (Å²) < 4.78 is 35.8. The van der Waals surface area contributed by atoms with Crippen molar-refractivity contribution in [2.45, 2.75) is 88.3 Å². The molecule has 2 saturated heterocycles. The van der Waals surface area contributed by atoms with Gasteiger partial charge in [0.15, 0.2) is 0 Å². The predicted molar refractivity (Wildman–Crippen MR) is 313 cm³/mol. The Hall–Kier alpha value is -6.87. The number of nitrogens with one attached hydrogen (secondary N) is 1. The van der Waals surface area contributed by atoms with E-state index in [-0.39, 0.29) is 30.4 Å². The van der Waals surface area contributed by atoms with E-state index >= 15 is 0 Å². The highest BCUT2D eigenvalue weighted by atomic mass is 32.2. The Bertz CT molecular complexity index is 3000. The van der Waals surface area contributed by atoms with Crippen molar-refractivity contribution in [2.75, 3.05) is 59.8 Å². The maximum absolute atomic E-state index is 12.1. The molecule has 0 atom stereocenters. The fourth-order valence-electron chi connectivity index (χ4n) is 10.3. The van der Waals surface area contributed by atoms with Crippen LogP contribution in [0.1, 0.15) is 111 Å². The summed E-state index contributed by atoms with van der Waals surface area (Å²) in [5.74, 6) is 12.2. The average Bonchev–Trinajstić information content (AvgIpc) is 3.52. The molecule has 0 amide bonds. The van der Waals surface area contributed by atoms with Crippen LogP contribution in [0.25, 0.3) is 0 Å². The van der Waals surface area contributed by atoms with Crippen molar-refractivity contribution in [3.05, 3.63) is 214 Å². The van der Waals surface area contributed by atoms with Crippen LogP contribution in [-0.2, 0) is 55.4 Å². The first-order valence-electron chi connectivity index (χ1n) is 27.1. The number of piperidine rings is 2. The van der Waals surface area contributed by atoms with E-state index < -0.39 is 32.2 Å². The topological polar surface area (TPSA) is 152 Å². The molecule has 0 spiro atoms. The molecule has 8 rings (SSSR count). The molecule has 79 heavy (non-hydrogen) atoms. The Labute approximate surface area is 469 Å². The van der Waals surface area contributed by atoms with Crippen LogP contribution >= 0.6 is 0 Å². The van der Waals surface area contributed by atoms with E-state index in [4.69, 9.17) is 9.47 Å². The van der Waals surface area contributed by atoms with Crippen LogP contribution in [-0.4, -0.2) is 95.3 Å². The van der Waals surface area contributed by atoms with E-state index in [9.17, 15) is 28.2 Å². The monoisotopic (exact) mass is 1090 g/mol. The molecule has 2 fully saturated rings. The first-order valence-corrected chi connectivity index (χ1v) is 29.0. The van der Waals surface area contributed by atoms with Crippen molar-refractivity contribution >= 4 is 22.1 Å². The van der Waals surface area contributed by atoms with Gasteiger partial charge in [0.1, 0.15) is 11.2 Å². The molecule has 12 heteroatoms. The van der Waals surface area contributed by atoms with Crippen molar-refractivity contribution in [3.63, 3.8) is 0 Å². The van der Waals surface area contributed by atoms with Gasteiger partial charge in [-0.2, -0.15) is 8.42 Å². The first-order chi connectivity index (χ1) is 37.8. The molecule has 6 aromatic carbocycles. The molecular weight excluding hydrogens is 1010 g/mol. The molecule has 11 nitrogen and oxygen atoms in total. The van der Waals surface area contributed by atoms with Crippen LogP contribution < -0.4 is 5.32 Å². The number of hydrogen-bond acceptors (Lipinski definition) is 11. The maximum atomic E-state index is 12.1. The molecule has 0 saturated carbocycles. The normalized spacial score (nSPS) is 14.5. The SMILES string of the molecule is COC(=O)C(C)(C)c1ccc(C#CCCN2CCC(C(O)(c3ccccc3)c3ccccc3)CC2)cc1.COC(=O)C(C)(C)c1ccc(C#CCCOS(C)(=O)=O)cc1.OC(c1ccccc1)(c1ccccc1)C1CCNCC1. The Morgan fingerprint density at radius 2 is 0.873 bits per heavy atom. The molecule has 0 aliphatic carbocycles. The van der Waals surface area contributed by atoms with Crippen molar-refractivity contribution in [2.24, 2.45) is 11.8 Å². The number of esters is 2. The zero-order valence-corrected chi connectivity index (χ0v) is 47.7. The van der Waals surface area contributed by atoms with Gasteiger partial charge in [-0.05, 0) is 149 Å². The summed E-state index contributed by atoms with van der Waals surface area (Å²) in [6, 6.07) is 55.4. The zero-order chi connectivity index (χ0) is 56.9. The van der Waals surface area contributed by atoms with Gasteiger partial charge in [0.2, 0.25) is 0 Å². The summed E-state index contributed by atoms with van der Waals surface area (Å²) in [6.07, 6.45) is 5.99. The van der Waals surface area contributed by atoms with E-state index in [0.717, 1.165) is 116 Å². The molecule has 3 N–H and O–H groups in total. The van der Waals surface area contributed by atoms with Crippen molar-refractivity contribution in [3.8, 4) is 23.7 Å². The number of carbonyl (C=O) groups excluding carboxylic acids is 2. The van der Waals surface area contributed by atoms with Gasteiger partial charge in [-0.15, -0.1) is 0 Å². The summed E-state index contributed by atoms with van der Waals surface area (Å²) in [5.41, 5.74) is 4.14. The fraction of sp³-hybridized carbons (Fsp3) is 0.373. The minimum Gasteiger partial charge on any atom is -0.468 e. The summed E-state index contributed by atoms with van der Waals surface area (Å²) in [6.45, 7) is 12.1. The van der Waals surface area contributed by atoms with Crippen LogP contribution in [0.15, 0.2) is 170 Å². The summed E-state index contributed by atoms with van der Waals surface area (Å²) in [7, 11) is -0.634. The van der Waals surface area contributed by atoms with Gasteiger partial charge in [-0.1, -0.05) is 169 Å². The van der Waals surface area contributed by atoms with Crippen LogP contribution in [0.4, 0.5) is 0 Å². The molecule has 6 aromatic rings. The molecule has 0 bridgehead atoms. The highest BCUT2D eigenvalue weighted by Gasteiger charge is 2.42. The Morgan fingerprint density at radius 1 is 0.532 bits per heavy atom. The lowest BCUT2D eigenvalue weighted by atomic mass is 9.72. The fourth-order valence-corrected chi connectivity index (χ4v) is 10.7. The number of nitrogens with zero attached hydrogens (tertiary/aromatic N) is 1. The smallest absolute Gasteiger partial charge is 0.315 e. The number of hydrogen-bond donors (Lipinski definition) is 3. The lowest BCUT2D eigenvalue weighted by Crippen LogP contribution is -2.44. The summed E-state index contributed by atoms with van der Waals surface area (Å²) >= 11 is 0. The molecule has 0 unspecified atom stereocenters. The van der Waals surface area contributed by atoms with E-state index in [1.54, 1.807) is 13.8 Å². The Balaban J connectivity index is 0.000000205. The van der Waals surface area contributed by atoms with Gasteiger partial charge in [-0.25, -0.2) is 0 Å². The Kier molecular flexibility index (Phi) is 22.4. The summed E-state index contributed by atoms with van der Waals surface area (Å²) in [4.78, 5) is 26.2. The van der Waals surface area contributed by atoms with Crippen molar-refractivity contribution in [1.29, 1.82) is 0 Å². The maximum Gasteiger partial charge on any atom is 0.315 e. The third-order valence-corrected chi connectivity index (χ3v) is 15.7. The third kappa shape index (κ3) is 16.6. The molecule has 0 aromatic heterocycles. The predicted octanol–water partition coefficient (Wildman–Crippen LogP) is 10.3. The van der Waals surface area contributed by atoms with Crippen LogP contribution in [0.2, 0.25) is 0 Å². The van der Waals surface area contributed by atoms with Gasteiger partial charge in [0.05, 0.1) is 37.9 Å². The van der Waals surface area contributed by atoms with E-state index in [1.165, 1.54) is 14.2 Å². The second-order valence-corrected chi connectivity index (χ2v) is 22.8. The molecule has 0 radical (unpaired) electrons. The van der Waals surface area contributed by atoms with Gasteiger partial charge in [0.25, 0.3) is 10.1 Å². The highest BCUT2D eigenvalue weighted by Crippen LogP contribution is 2.43. The minimum atomic E-state index is -3.41. The first kappa shape index (κ1) is 61.3. The van der Waals surface area contributed by atoms with Gasteiger partial charge >= 0.3 is 11.9 Å². The summed E-state index contributed by atoms with van der Waals surface area (Å²) in [5, 5.41) is 27.0. The van der Waals surface area contributed by atoms with E-state index in [0.29, 0.717) is 6.42 Å². The second-order valence-electron chi connectivity index (χ2n) is 21.2. The molecule has 2 aliphatic heterocycles. The number of carbonyl (C=O) groups is 2. The Morgan fingerprint density at radius 3 is 1.22 bits per heavy atom. The van der Waals surface area contributed by atoms with Crippen LogP contribution in [0.5, 0.6) is 0 Å². The van der Waals surface area contributed by atoms with Crippen molar-refractivity contribution < 1.29 is 41.9 Å². The number of aliphatic hydroxyl groups is 2. The number of methoxy groups -OCH3 is 2. The largest absolute Gasteiger partial charge is 0.468 e. The number of likely N-dealkylation sites (tertiary alicyclic amines) is 1. The van der Waals surface area contributed by atoms with E-state index in [2.05, 4.69) is 38.1 Å². The zero-order valence-electron chi connectivity index (χ0n) is 46.9. The quantitative estimate of drug-likeness (QED) is 0.0390. The average molecular weight is 1090 g/mol. The minimum absolute atomic E-state index is 0.0410. The standard InChI is InChI=1S/C33H37NO3.C18H21NO.C16H20O5S/c1-32(2,31(35)37-3)27-19-17-26(18-20-27)12-10-11-23-34-24-21-30(22-25-34)33(36,28-13-6-4-7-14-28)29-15-8-5-9-16-29;20-18(15-7-3-1-4-8-15,16-9-5-2-6-10-16)17-11-13-19-14-12-17;1-16(2,15(17)20-3)14-10-8-13(9-11-14)7-5-6-12-21-22(4,18)19/h4-9,13-20,30,36H,11,21-25H2,1-3H3;1-10,17,19-20H,11-14H2;8-11H,6,12H2,1-4H3. The van der Waals surface area contributed by atoms with Crippen LogP contribution in [0.3, 0.4) is 0 Å². The molecule has 416 valence electrons. The van der Waals surface area contributed by atoms with Crippen LogP contribution in [0, 0.1) is 35.5 Å².